The van der Waals surface area contributed by atoms with Gasteiger partial charge in [0.1, 0.15) is 5.82 Å². The number of aliphatic carboxylic acids is 1. The zero-order valence-electron chi connectivity index (χ0n) is 8.81. The van der Waals surface area contributed by atoms with Crippen LogP contribution < -0.4 is 4.90 Å². The fourth-order valence-corrected chi connectivity index (χ4v) is 1.30. The summed E-state index contributed by atoms with van der Waals surface area (Å²) in [6.07, 6.45) is -0.142. The average Bonchev–Trinajstić information content (AvgIpc) is 2.20. The van der Waals surface area contributed by atoms with Crippen molar-refractivity contribution < 1.29 is 19.1 Å². The number of benzene rings is 1. The monoisotopic (exact) mass is 225 g/mol. The van der Waals surface area contributed by atoms with E-state index in [9.17, 15) is 14.0 Å². The first-order valence-electron chi connectivity index (χ1n) is 4.76. The van der Waals surface area contributed by atoms with Crippen LogP contribution in [-0.2, 0) is 9.59 Å². The molecule has 0 radical (unpaired) electrons. The van der Waals surface area contributed by atoms with Gasteiger partial charge in [0.15, 0.2) is 0 Å². The van der Waals surface area contributed by atoms with Crippen LogP contribution in [0.3, 0.4) is 0 Å². The molecule has 0 aliphatic carbocycles. The van der Waals surface area contributed by atoms with E-state index in [4.69, 9.17) is 5.11 Å². The van der Waals surface area contributed by atoms with Gasteiger partial charge >= 0.3 is 5.97 Å². The Bertz CT molecular complexity index is 389. The molecule has 1 N–H and O–H groups in total. The van der Waals surface area contributed by atoms with Crippen LogP contribution in [-0.4, -0.2) is 23.5 Å². The van der Waals surface area contributed by atoms with Gasteiger partial charge in [-0.05, 0) is 24.3 Å². The molecule has 0 saturated heterocycles. The predicted octanol–water partition coefficient (Wildman–Crippen LogP) is 1.65. The molecule has 0 aliphatic rings. The number of nitrogens with zero attached hydrogens (tertiary/aromatic N) is 1. The third kappa shape index (κ3) is 3.34. The van der Waals surface area contributed by atoms with Crippen LogP contribution in [0.2, 0.25) is 0 Å². The fraction of sp³-hybridized carbons (Fsp3) is 0.273. The summed E-state index contributed by atoms with van der Waals surface area (Å²) in [5.41, 5.74) is 0.496. The number of carboxylic acids is 1. The molecule has 0 fully saturated rings. The summed E-state index contributed by atoms with van der Waals surface area (Å²) < 4.78 is 12.7. The maximum Gasteiger partial charge on any atom is 0.305 e. The molecule has 5 heteroatoms. The van der Waals surface area contributed by atoms with Crippen LogP contribution in [0.25, 0.3) is 0 Å². The Morgan fingerprint density at radius 1 is 1.31 bits per heavy atom. The van der Waals surface area contributed by atoms with Gasteiger partial charge in [-0.15, -0.1) is 0 Å². The third-order valence-electron chi connectivity index (χ3n) is 2.07. The Labute approximate surface area is 92.3 Å². The van der Waals surface area contributed by atoms with Crippen molar-refractivity contribution in [3.05, 3.63) is 30.1 Å². The predicted molar refractivity (Wildman–Crippen MR) is 56.7 cm³/mol. The van der Waals surface area contributed by atoms with Gasteiger partial charge in [0, 0.05) is 19.2 Å². The number of hydrogen-bond donors (Lipinski definition) is 1. The summed E-state index contributed by atoms with van der Waals surface area (Å²) in [6.45, 7) is 1.42. The van der Waals surface area contributed by atoms with E-state index in [1.807, 2.05) is 0 Å². The Kier molecular flexibility index (Phi) is 3.99. The number of carbonyl (C=O) groups is 2. The zero-order chi connectivity index (χ0) is 12.1. The molecule has 0 aliphatic heterocycles. The van der Waals surface area contributed by atoms with Crippen LogP contribution in [0.4, 0.5) is 10.1 Å². The quantitative estimate of drug-likeness (QED) is 0.847. The van der Waals surface area contributed by atoms with Crippen LogP contribution in [0.5, 0.6) is 0 Å². The van der Waals surface area contributed by atoms with Gasteiger partial charge in [0.05, 0.1) is 6.42 Å². The zero-order valence-corrected chi connectivity index (χ0v) is 8.81. The molecule has 1 amide bonds. The summed E-state index contributed by atoms with van der Waals surface area (Å²) in [5.74, 6) is -1.65. The van der Waals surface area contributed by atoms with E-state index in [1.165, 1.54) is 36.1 Å². The van der Waals surface area contributed by atoms with Crippen LogP contribution >= 0.6 is 0 Å². The first-order chi connectivity index (χ1) is 7.50. The van der Waals surface area contributed by atoms with Crippen molar-refractivity contribution in [2.75, 3.05) is 11.4 Å². The van der Waals surface area contributed by atoms with E-state index >= 15 is 0 Å². The second-order valence-corrected chi connectivity index (χ2v) is 3.29. The SMILES string of the molecule is CC(=O)N(CCC(=O)O)c1ccc(F)cc1. The topological polar surface area (TPSA) is 57.6 Å². The van der Waals surface area contributed by atoms with Crippen molar-refractivity contribution in [1.82, 2.24) is 0 Å². The smallest absolute Gasteiger partial charge is 0.305 e. The molecule has 1 aromatic rings. The number of amides is 1. The Morgan fingerprint density at radius 2 is 1.88 bits per heavy atom. The first-order valence-corrected chi connectivity index (χ1v) is 4.76. The number of anilines is 1. The summed E-state index contributed by atoms with van der Waals surface area (Å²) in [5, 5.41) is 8.54. The number of halogens is 1. The summed E-state index contributed by atoms with van der Waals surface area (Å²) in [7, 11) is 0. The second-order valence-electron chi connectivity index (χ2n) is 3.29. The molecule has 0 aromatic heterocycles. The van der Waals surface area contributed by atoms with Crippen molar-refractivity contribution in [2.24, 2.45) is 0 Å². The van der Waals surface area contributed by atoms with Gasteiger partial charge < -0.3 is 10.0 Å². The Morgan fingerprint density at radius 3 is 2.31 bits per heavy atom. The van der Waals surface area contributed by atoms with E-state index in [0.29, 0.717) is 5.69 Å². The molecular weight excluding hydrogens is 213 g/mol. The van der Waals surface area contributed by atoms with Crippen molar-refractivity contribution in [1.29, 1.82) is 0 Å². The Balaban J connectivity index is 2.81. The number of carbonyl (C=O) groups excluding carboxylic acids is 1. The maximum atomic E-state index is 12.7. The third-order valence-corrected chi connectivity index (χ3v) is 2.07. The van der Waals surface area contributed by atoms with Crippen molar-refractivity contribution in [3.8, 4) is 0 Å². The van der Waals surface area contributed by atoms with Crippen molar-refractivity contribution in [2.45, 2.75) is 13.3 Å². The number of rotatable bonds is 4. The molecule has 0 heterocycles. The molecule has 0 atom stereocenters. The van der Waals surface area contributed by atoms with Gasteiger partial charge in [-0.3, -0.25) is 9.59 Å². The lowest BCUT2D eigenvalue weighted by molar-refractivity contribution is -0.136. The highest BCUT2D eigenvalue weighted by molar-refractivity contribution is 5.91. The minimum atomic E-state index is -0.978. The molecule has 1 aromatic carbocycles. The van der Waals surface area contributed by atoms with Gasteiger partial charge in [-0.1, -0.05) is 0 Å². The van der Waals surface area contributed by atoms with Crippen molar-refractivity contribution >= 4 is 17.6 Å². The fourth-order valence-electron chi connectivity index (χ4n) is 1.30. The molecule has 0 unspecified atom stereocenters. The molecule has 86 valence electrons. The van der Waals surface area contributed by atoms with E-state index < -0.39 is 11.8 Å². The summed E-state index contributed by atoms with van der Waals surface area (Å²) >= 11 is 0. The van der Waals surface area contributed by atoms with E-state index in [0.717, 1.165) is 0 Å². The maximum absolute atomic E-state index is 12.7. The molecule has 4 nitrogen and oxygen atoms in total. The minimum absolute atomic E-state index is 0.0797. The second kappa shape index (κ2) is 5.25. The lowest BCUT2D eigenvalue weighted by Crippen LogP contribution is -2.30. The molecule has 16 heavy (non-hydrogen) atoms. The normalized spacial score (nSPS) is 9.88. The van der Waals surface area contributed by atoms with Crippen LogP contribution in [0.1, 0.15) is 13.3 Å². The van der Waals surface area contributed by atoms with Crippen molar-refractivity contribution in [3.63, 3.8) is 0 Å². The highest BCUT2D eigenvalue weighted by Crippen LogP contribution is 2.15. The van der Waals surface area contributed by atoms with Crippen LogP contribution in [0.15, 0.2) is 24.3 Å². The summed E-state index contributed by atoms with van der Waals surface area (Å²) in [6, 6.07) is 5.34. The van der Waals surface area contributed by atoms with Gasteiger partial charge in [0.2, 0.25) is 5.91 Å². The van der Waals surface area contributed by atoms with Gasteiger partial charge in [-0.25, -0.2) is 4.39 Å². The van der Waals surface area contributed by atoms with Crippen LogP contribution in [0, 0.1) is 5.82 Å². The Hall–Kier alpha value is -1.91. The standard InChI is InChI=1S/C11H12FNO3/c1-8(14)13(7-6-11(15)16)10-4-2-9(12)3-5-10/h2-5H,6-7H2,1H3,(H,15,16). The van der Waals surface area contributed by atoms with Gasteiger partial charge in [0.25, 0.3) is 0 Å². The van der Waals surface area contributed by atoms with E-state index in [-0.39, 0.29) is 18.9 Å². The highest BCUT2D eigenvalue weighted by Gasteiger charge is 2.12. The number of carboxylic acid groups (broad SMARTS) is 1. The lowest BCUT2D eigenvalue weighted by Gasteiger charge is -2.20. The molecule has 1 rings (SSSR count). The molecular formula is C11H12FNO3. The number of hydrogen-bond acceptors (Lipinski definition) is 2. The highest BCUT2D eigenvalue weighted by atomic mass is 19.1. The average molecular weight is 225 g/mol. The van der Waals surface area contributed by atoms with E-state index in [2.05, 4.69) is 0 Å². The molecule has 0 spiro atoms. The van der Waals surface area contributed by atoms with E-state index in [1.54, 1.807) is 0 Å². The summed E-state index contributed by atoms with van der Waals surface area (Å²) in [4.78, 5) is 23.0. The molecule has 0 saturated carbocycles. The lowest BCUT2D eigenvalue weighted by atomic mass is 10.2. The largest absolute Gasteiger partial charge is 0.481 e. The minimum Gasteiger partial charge on any atom is -0.481 e. The molecule has 0 bridgehead atoms. The van der Waals surface area contributed by atoms with Gasteiger partial charge in [-0.2, -0.15) is 0 Å². The first kappa shape index (κ1) is 12.2.